The number of hydrogen-bond donors (Lipinski definition) is 2. The van der Waals surface area contributed by atoms with Crippen molar-refractivity contribution in [2.75, 3.05) is 5.32 Å². The van der Waals surface area contributed by atoms with Crippen LogP contribution < -0.4 is 5.32 Å². The highest BCUT2D eigenvalue weighted by atomic mass is 32.1. The van der Waals surface area contributed by atoms with Crippen molar-refractivity contribution in [1.29, 1.82) is 0 Å². The van der Waals surface area contributed by atoms with Crippen LogP contribution in [0, 0.1) is 6.92 Å². The van der Waals surface area contributed by atoms with E-state index in [1.807, 2.05) is 6.92 Å². The fourth-order valence-electron chi connectivity index (χ4n) is 1.36. The van der Waals surface area contributed by atoms with Crippen LogP contribution in [0.15, 0.2) is 0 Å². The van der Waals surface area contributed by atoms with Crippen molar-refractivity contribution in [3.63, 3.8) is 0 Å². The third-order valence-electron chi connectivity index (χ3n) is 2.62. The lowest BCUT2D eigenvalue weighted by molar-refractivity contribution is -0.136. The number of hydrogen-bond acceptors (Lipinski definition) is 4. The van der Waals surface area contributed by atoms with Crippen molar-refractivity contribution >= 4 is 22.4 Å². The first kappa shape index (κ1) is 10.4. The summed E-state index contributed by atoms with van der Waals surface area (Å²) in [5.41, 5.74) is 0.879. The monoisotopic (exact) mass is 226 g/mol. The predicted molar refractivity (Wildman–Crippen MR) is 59.5 cm³/mol. The van der Waals surface area contributed by atoms with E-state index in [-0.39, 0.29) is 12.0 Å². The molecule has 1 heterocycles. The zero-order chi connectivity index (χ0) is 11.1. The third kappa shape index (κ3) is 2.47. The summed E-state index contributed by atoms with van der Waals surface area (Å²) in [5.74, 6) is -0.826. The van der Waals surface area contributed by atoms with Crippen LogP contribution in [0.4, 0.5) is 5.13 Å². The Morgan fingerprint density at radius 2 is 2.33 bits per heavy atom. The van der Waals surface area contributed by atoms with Crippen LogP contribution in [0.25, 0.3) is 0 Å². The van der Waals surface area contributed by atoms with Crippen molar-refractivity contribution in [1.82, 2.24) is 4.98 Å². The maximum atomic E-state index is 10.6. The molecule has 5 heteroatoms. The number of thiazole rings is 1. The molecule has 1 saturated carbocycles. The minimum atomic E-state index is -0.826. The first-order chi connectivity index (χ1) is 6.98. The fourth-order valence-corrected chi connectivity index (χ4v) is 2.34. The van der Waals surface area contributed by atoms with Gasteiger partial charge in [0.2, 0.25) is 0 Å². The van der Waals surface area contributed by atoms with E-state index in [4.69, 9.17) is 5.11 Å². The molecule has 0 amide bonds. The first-order valence-corrected chi connectivity index (χ1v) is 5.76. The maximum absolute atomic E-state index is 10.6. The topological polar surface area (TPSA) is 62.2 Å². The van der Waals surface area contributed by atoms with Gasteiger partial charge in [0, 0.05) is 10.4 Å². The van der Waals surface area contributed by atoms with E-state index in [9.17, 15) is 4.79 Å². The van der Waals surface area contributed by atoms with Gasteiger partial charge in [-0.3, -0.25) is 4.79 Å². The van der Waals surface area contributed by atoms with E-state index >= 15 is 0 Å². The lowest BCUT2D eigenvalue weighted by Crippen LogP contribution is -2.15. The van der Waals surface area contributed by atoms with Crippen LogP contribution in [0.1, 0.15) is 30.3 Å². The number of nitrogens with zero attached hydrogens (tertiary/aromatic N) is 1. The van der Waals surface area contributed by atoms with E-state index in [0.29, 0.717) is 5.69 Å². The minimum Gasteiger partial charge on any atom is -0.481 e. The quantitative estimate of drug-likeness (QED) is 0.824. The predicted octanol–water partition coefficient (Wildman–Crippen LogP) is 2.04. The molecule has 1 aliphatic carbocycles. The smallest absolute Gasteiger partial charge is 0.309 e. The largest absolute Gasteiger partial charge is 0.481 e. The van der Waals surface area contributed by atoms with Gasteiger partial charge in [0.25, 0.3) is 0 Å². The van der Waals surface area contributed by atoms with Gasteiger partial charge in [0.05, 0.1) is 12.1 Å². The molecule has 0 atom stereocenters. The molecule has 82 valence electrons. The number of aryl methyl sites for hydroxylation is 1. The number of aliphatic carboxylic acids is 1. The Bertz CT molecular complexity index is 396. The van der Waals surface area contributed by atoms with Crippen LogP contribution in [-0.2, 0) is 11.2 Å². The van der Waals surface area contributed by atoms with Gasteiger partial charge in [0.1, 0.15) is 0 Å². The summed E-state index contributed by atoms with van der Waals surface area (Å²) in [7, 11) is 0. The molecule has 0 spiro atoms. The molecule has 2 N–H and O–H groups in total. The maximum Gasteiger partial charge on any atom is 0.309 e. The summed E-state index contributed by atoms with van der Waals surface area (Å²) in [6.45, 7) is 4.07. The number of carboxylic acid groups (broad SMARTS) is 1. The van der Waals surface area contributed by atoms with Crippen LogP contribution in [-0.4, -0.2) is 21.6 Å². The molecule has 0 radical (unpaired) electrons. The molecule has 0 aromatic carbocycles. The van der Waals surface area contributed by atoms with Gasteiger partial charge < -0.3 is 10.4 Å². The molecule has 0 aliphatic heterocycles. The van der Waals surface area contributed by atoms with Crippen LogP contribution in [0.3, 0.4) is 0 Å². The fraction of sp³-hybridized carbons (Fsp3) is 0.600. The van der Waals surface area contributed by atoms with Crippen LogP contribution in [0.5, 0.6) is 0 Å². The zero-order valence-corrected chi connectivity index (χ0v) is 9.65. The van der Waals surface area contributed by atoms with Crippen molar-refractivity contribution in [2.45, 2.75) is 38.6 Å². The summed E-state index contributed by atoms with van der Waals surface area (Å²) >= 11 is 1.54. The second-order valence-electron chi connectivity index (χ2n) is 4.28. The molecule has 2 rings (SSSR count). The van der Waals surface area contributed by atoms with Gasteiger partial charge in [-0.05, 0) is 26.7 Å². The Morgan fingerprint density at radius 1 is 1.67 bits per heavy atom. The number of carbonyl (C=O) groups is 1. The van der Waals surface area contributed by atoms with E-state index in [1.165, 1.54) is 24.2 Å². The van der Waals surface area contributed by atoms with E-state index < -0.39 is 5.97 Å². The Labute approximate surface area is 92.3 Å². The van der Waals surface area contributed by atoms with E-state index in [2.05, 4.69) is 17.2 Å². The average molecular weight is 226 g/mol. The third-order valence-corrected chi connectivity index (χ3v) is 3.55. The second kappa shape index (κ2) is 3.48. The molecule has 0 bridgehead atoms. The van der Waals surface area contributed by atoms with Gasteiger partial charge >= 0.3 is 5.97 Å². The average Bonchev–Trinajstić information content (AvgIpc) is 2.71. The second-order valence-corrected chi connectivity index (χ2v) is 5.48. The van der Waals surface area contributed by atoms with Gasteiger partial charge in [-0.1, -0.05) is 0 Å². The molecular formula is C10H14N2O2S. The molecule has 1 aromatic rings. The van der Waals surface area contributed by atoms with Crippen LogP contribution in [0.2, 0.25) is 0 Å². The van der Waals surface area contributed by atoms with Crippen molar-refractivity contribution in [3.8, 4) is 0 Å². The normalized spacial score (nSPS) is 17.5. The lowest BCUT2D eigenvalue weighted by atomic mass is 10.3. The Kier molecular flexibility index (Phi) is 2.42. The Morgan fingerprint density at radius 3 is 2.87 bits per heavy atom. The van der Waals surface area contributed by atoms with Crippen molar-refractivity contribution < 1.29 is 9.90 Å². The Balaban J connectivity index is 2.10. The number of rotatable bonds is 4. The number of carboxylic acids is 1. The van der Waals surface area contributed by atoms with Gasteiger partial charge in [0.15, 0.2) is 5.13 Å². The summed E-state index contributed by atoms with van der Waals surface area (Å²) in [6, 6.07) is 0. The van der Waals surface area contributed by atoms with Gasteiger partial charge in [-0.15, -0.1) is 11.3 Å². The van der Waals surface area contributed by atoms with E-state index in [1.54, 1.807) is 0 Å². The van der Waals surface area contributed by atoms with Gasteiger partial charge in [-0.2, -0.15) is 0 Å². The first-order valence-electron chi connectivity index (χ1n) is 4.95. The summed E-state index contributed by atoms with van der Waals surface area (Å²) in [4.78, 5) is 15.9. The lowest BCUT2D eigenvalue weighted by Gasteiger charge is -2.08. The van der Waals surface area contributed by atoms with E-state index in [0.717, 1.165) is 10.0 Å². The molecule has 1 aliphatic rings. The molecule has 1 aromatic heterocycles. The summed E-state index contributed by atoms with van der Waals surface area (Å²) in [6.07, 6.45) is 2.35. The molecule has 1 fully saturated rings. The minimum absolute atomic E-state index is 0.0146. The highest BCUT2D eigenvalue weighted by Gasteiger charge is 2.37. The standard InChI is InChI=1S/C10H14N2O2S/c1-6-7(5-8(13)14)11-9(15-6)12-10(2)3-4-10/h3-5H2,1-2H3,(H,11,12)(H,13,14). The number of nitrogens with one attached hydrogen (secondary N) is 1. The number of anilines is 1. The zero-order valence-electron chi connectivity index (χ0n) is 8.83. The molecule has 15 heavy (non-hydrogen) atoms. The van der Waals surface area contributed by atoms with Gasteiger partial charge in [-0.25, -0.2) is 4.98 Å². The summed E-state index contributed by atoms with van der Waals surface area (Å²) < 4.78 is 0. The molecule has 0 unspecified atom stereocenters. The highest BCUT2D eigenvalue weighted by molar-refractivity contribution is 7.15. The SMILES string of the molecule is Cc1sc(NC2(C)CC2)nc1CC(=O)O. The molecular weight excluding hydrogens is 212 g/mol. The Hall–Kier alpha value is -1.10. The molecule has 4 nitrogen and oxygen atoms in total. The van der Waals surface area contributed by atoms with Crippen LogP contribution >= 0.6 is 11.3 Å². The van der Waals surface area contributed by atoms with Crippen molar-refractivity contribution in [3.05, 3.63) is 10.6 Å². The number of aromatic nitrogens is 1. The van der Waals surface area contributed by atoms with Crippen molar-refractivity contribution in [2.24, 2.45) is 0 Å². The summed E-state index contributed by atoms with van der Waals surface area (Å²) in [5, 5.41) is 12.9. The molecule has 0 saturated heterocycles. The highest BCUT2D eigenvalue weighted by Crippen LogP contribution is 2.39.